The summed E-state index contributed by atoms with van der Waals surface area (Å²) in [5.74, 6) is 0.564. The van der Waals surface area contributed by atoms with Crippen LogP contribution in [-0.2, 0) is 0 Å². The molecule has 0 spiro atoms. The number of benzene rings is 2. The van der Waals surface area contributed by atoms with Gasteiger partial charge in [0.15, 0.2) is 0 Å². The normalized spacial score (nSPS) is 22.0. The fourth-order valence-corrected chi connectivity index (χ4v) is 4.76. The van der Waals surface area contributed by atoms with Crippen LogP contribution in [-0.4, -0.2) is 23.9 Å². The van der Waals surface area contributed by atoms with E-state index in [9.17, 15) is 9.18 Å². The zero-order valence-corrected chi connectivity index (χ0v) is 17.2. The molecule has 1 aliphatic heterocycles. The monoisotopic (exact) mass is 392 g/mol. The van der Waals surface area contributed by atoms with Crippen LogP contribution in [0.5, 0.6) is 0 Å². The number of amides is 1. The summed E-state index contributed by atoms with van der Waals surface area (Å²) in [5.41, 5.74) is 4.14. The molecule has 1 amide bonds. The van der Waals surface area contributed by atoms with E-state index in [2.05, 4.69) is 37.4 Å². The maximum atomic E-state index is 13.4. The second-order valence-electron chi connectivity index (χ2n) is 8.12. The Morgan fingerprint density at radius 2 is 1.83 bits per heavy atom. The number of anilines is 1. The third-order valence-electron chi connectivity index (χ3n) is 6.11. The molecule has 1 aliphatic carbocycles. The van der Waals surface area contributed by atoms with Crippen molar-refractivity contribution in [2.45, 2.75) is 45.1 Å². The number of fused-ring (bicyclic) bond motifs is 3. The molecule has 4 rings (SSSR count). The smallest absolute Gasteiger partial charge is 0.253 e. The lowest BCUT2D eigenvalue weighted by molar-refractivity contribution is 0.0755. The Morgan fingerprint density at radius 1 is 1.10 bits per heavy atom. The Labute approximate surface area is 172 Å². The van der Waals surface area contributed by atoms with Crippen molar-refractivity contribution >= 4 is 11.6 Å². The van der Waals surface area contributed by atoms with Crippen molar-refractivity contribution in [2.75, 3.05) is 18.4 Å². The first-order valence-electron chi connectivity index (χ1n) is 10.7. The molecule has 1 heterocycles. The zero-order chi connectivity index (χ0) is 20.4. The molecular formula is C25H29FN2O. The van der Waals surface area contributed by atoms with Gasteiger partial charge < -0.3 is 10.2 Å². The van der Waals surface area contributed by atoms with Crippen molar-refractivity contribution in [1.29, 1.82) is 0 Å². The van der Waals surface area contributed by atoms with Crippen LogP contribution in [0.4, 0.5) is 10.1 Å². The van der Waals surface area contributed by atoms with Crippen molar-refractivity contribution in [3.63, 3.8) is 0 Å². The molecule has 3 atom stereocenters. The minimum absolute atomic E-state index is 0.121. The standard InChI is InChI=1S/C25H29FN2O/c1-3-14-28(15-4-2)25(29)18-10-13-23-22(16-18)20-6-5-7-21(20)24(27-23)17-8-11-19(26)12-9-17/h5-6,8-13,16,20-21,24,27H,3-4,7,14-15H2,1-2H3. The predicted octanol–water partition coefficient (Wildman–Crippen LogP) is 5.91. The first-order chi connectivity index (χ1) is 14.1. The number of nitrogens with zero attached hydrogens (tertiary/aromatic N) is 1. The molecule has 29 heavy (non-hydrogen) atoms. The molecule has 2 aromatic carbocycles. The summed E-state index contributed by atoms with van der Waals surface area (Å²) in [5, 5.41) is 3.66. The predicted molar refractivity (Wildman–Crippen MR) is 116 cm³/mol. The molecule has 0 saturated carbocycles. The van der Waals surface area contributed by atoms with Crippen LogP contribution in [0.1, 0.15) is 66.6 Å². The molecule has 152 valence electrons. The van der Waals surface area contributed by atoms with Gasteiger partial charge >= 0.3 is 0 Å². The highest BCUT2D eigenvalue weighted by Gasteiger charge is 2.38. The molecule has 3 unspecified atom stereocenters. The van der Waals surface area contributed by atoms with Crippen LogP contribution in [0.25, 0.3) is 0 Å². The molecule has 0 fully saturated rings. The molecule has 2 aliphatic rings. The molecule has 0 aromatic heterocycles. The average Bonchev–Trinajstić information content (AvgIpc) is 3.23. The number of allylic oxidation sites excluding steroid dienone is 2. The number of hydrogen-bond acceptors (Lipinski definition) is 2. The summed E-state index contributed by atoms with van der Waals surface area (Å²) >= 11 is 0. The Bertz CT molecular complexity index is 900. The Morgan fingerprint density at radius 3 is 2.52 bits per heavy atom. The quantitative estimate of drug-likeness (QED) is 0.620. The van der Waals surface area contributed by atoms with Crippen LogP contribution < -0.4 is 5.32 Å². The van der Waals surface area contributed by atoms with Crippen molar-refractivity contribution in [3.05, 3.63) is 77.1 Å². The van der Waals surface area contributed by atoms with Gasteiger partial charge in [-0.2, -0.15) is 0 Å². The molecule has 2 aromatic rings. The van der Waals surface area contributed by atoms with Crippen molar-refractivity contribution in [2.24, 2.45) is 5.92 Å². The Hall–Kier alpha value is -2.62. The van der Waals surface area contributed by atoms with Crippen LogP contribution in [0.3, 0.4) is 0 Å². The first-order valence-corrected chi connectivity index (χ1v) is 10.7. The fourth-order valence-electron chi connectivity index (χ4n) is 4.76. The number of rotatable bonds is 6. The van der Waals surface area contributed by atoms with E-state index in [-0.39, 0.29) is 23.7 Å². The van der Waals surface area contributed by atoms with E-state index < -0.39 is 0 Å². The van der Waals surface area contributed by atoms with Gasteiger partial charge in [0.05, 0.1) is 6.04 Å². The summed E-state index contributed by atoms with van der Waals surface area (Å²) < 4.78 is 13.4. The van der Waals surface area contributed by atoms with Gasteiger partial charge in [0.25, 0.3) is 5.91 Å². The summed E-state index contributed by atoms with van der Waals surface area (Å²) in [6.45, 7) is 5.80. The summed E-state index contributed by atoms with van der Waals surface area (Å²) in [4.78, 5) is 15.0. The van der Waals surface area contributed by atoms with E-state index in [1.807, 2.05) is 29.2 Å². The Kier molecular flexibility index (Phi) is 5.70. The van der Waals surface area contributed by atoms with Crippen molar-refractivity contribution < 1.29 is 9.18 Å². The van der Waals surface area contributed by atoms with Gasteiger partial charge in [-0.3, -0.25) is 4.79 Å². The lowest BCUT2D eigenvalue weighted by atomic mass is 9.76. The van der Waals surface area contributed by atoms with Crippen LogP contribution in [0.15, 0.2) is 54.6 Å². The van der Waals surface area contributed by atoms with Gasteiger partial charge in [0.2, 0.25) is 0 Å². The average molecular weight is 393 g/mol. The molecule has 3 nitrogen and oxygen atoms in total. The lowest BCUT2D eigenvalue weighted by Crippen LogP contribution is -2.33. The van der Waals surface area contributed by atoms with Crippen LogP contribution in [0.2, 0.25) is 0 Å². The first kappa shape index (κ1) is 19.7. The molecule has 0 radical (unpaired) electrons. The minimum atomic E-state index is -0.210. The number of carbonyl (C=O) groups excluding carboxylic acids is 1. The zero-order valence-electron chi connectivity index (χ0n) is 17.2. The van der Waals surface area contributed by atoms with Gasteiger partial charge in [0.1, 0.15) is 5.82 Å². The van der Waals surface area contributed by atoms with Gasteiger partial charge in [-0.05, 0) is 66.6 Å². The molecule has 1 N–H and O–H groups in total. The maximum absolute atomic E-state index is 13.4. The van der Waals surface area contributed by atoms with Gasteiger partial charge in [-0.15, -0.1) is 0 Å². The maximum Gasteiger partial charge on any atom is 0.253 e. The van der Waals surface area contributed by atoms with E-state index in [0.29, 0.717) is 5.92 Å². The highest BCUT2D eigenvalue weighted by Crippen LogP contribution is 2.49. The van der Waals surface area contributed by atoms with Crippen molar-refractivity contribution in [3.8, 4) is 0 Å². The summed E-state index contributed by atoms with van der Waals surface area (Å²) in [6.07, 6.45) is 7.41. The molecule has 0 saturated heterocycles. The molecule has 4 heteroatoms. The topological polar surface area (TPSA) is 32.3 Å². The summed E-state index contributed by atoms with van der Waals surface area (Å²) in [6, 6.07) is 13.0. The third kappa shape index (κ3) is 3.81. The second-order valence-corrected chi connectivity index (χ2v) is 8.12. The largest absolute Gasteiger partial charge is 0.378 e. The molecular weight excluding hydrogens is 363 g/mol. The highest BCUT2D eigenvalue weighted by atomic mass is 19.1. The lowest BCUT2D eigenvalue weighted by Gasteiger charge is -2.38. The highest BCUT2D eigenvalue weighted by molar-refractivity contribution is 5.95. The van der Waals surface area contributed by atoms with E-state index in [1.54, 1.807) is 0 Å². The fraction of sp³-hybridized carbons (Fsp3) is 0.400. The van der Waals surface area contributed by atoms with E-state index in [0.717, 1.165) is 49.2 Å². The number of hydrogen-bond donors (Lipinski definition) is 1. The number of halogens is 1. The Balaban J connectivity index is 1.65. The summed E-state index contributed by atoms with van der Waals surface area (Å²) in [7, 11) is 0. The number of nitrogens with one attached hydrogen (secondary N) is 1. The number of carbonyl (C=O) groups is 1. The molecule has 0 bridgehead atoms. The van der Waals surface area contributed by atoms with E-state index >= 15 is 0 Å². The van der Waals surface area contributed by atoms with Crippen molar-refractivity contribution in [1.82, 2.24) is 4.90 Å². The van der Waals surface area contributed by atoms with Gasteiger partial charge in [-0.1, -0.05) is 38.1 Å². The minimum Gasteiger partial charge on any atom is -0.378 e. The van der Waals surface area contributed by atoms with E-state index in [1.165, 1.54) is 17.7 Å². The van der Waals surface area contributed by atoms with E-state index in [4.69, 9.17) is 0 Å². The van der Waals surface area contributed by atoms with Crippen LogP contribution in [0, 0.1) is 11.7 Å². The third-order valence-corrected chi connectivity index (χ3v) is 6.11. The second kappa shape index (κ2) is 8.40. The van der Waals surface area contributed by atoms with Gasteiger partial charge in [0, 0.05) is 30.3 Å². The van der Waals surface area contributed by atoms with Crippen LogP contribution >= 0.6 is 0 Å². The van der Waals surface area contributed by atoms with Gasteiger partial charge in [-0.25, -0.2) is 4.39 Å². The SMILES string of the molecule is CCCN(CCC)C(=O)c1ccc2c(c1)C1C=CCC1C(c1ccc(F)cc1)N2.